The second kappa shape index (κ2) is 7.54. The van der Waals surface area contributed by atoms with Crippen molar-refractivity contribution < 1.29 is 42.6 Å². The van der Waals surface area contributed by atoms with E-state index in [2.05, 4.69) is 14.5 Å². The van der Waals surface area contributed by atoms with E-state index in [4.69, 9.17) is 4.84 Å². The minimum absolute atomic E-state index is 0.108. The van der Waals surface area contributed by atoms with Gasteiger partial charge < -0.3 is 14.0 Å². The topological polar surface area (TPSA) is 96.3 Å². The lowest BCUT2D eigenvalue weighted by molar-refractivity contribution is -0.830. The zero-order valence-electron chi connectivity index (χ0n) is 14.0. The Hall–Kier alpha value is -2.92. The largest absolute Gasteiger partial charge is 0.465 e. The monoisotopic (exact) mass is 374 g/mol. The van der Waals surface area contributed by atoms with Gasteiger partial charge in [-0.2, -0.15) is 18.7 Å². The number of aromatic nitrogens is 2. The average molecular weight is 374 g/mol. The second-order valence-electron chi connectivity index (χ2n) is 4.96. The van der Waals surface area contributed by atoms with Crippen molar-refractivity contribution >= 4 is 17.6 Å². The molecule has 11 heteroatoms. The number of nitrogens with zero attached hydrogens (tertiary/aromatic N) is 2. The van der Waals surface area contributed by atoms with Crippen molar-refractivity contribution in [3.63, 3.8) is 0 Å². The molecule has 2 rings (SSSR count). The highest BCUT2D eigenvalue weighted by Gasteiger charge is 2.37. The van der Waals surface area contributed by atoms with E-state index in [9.17, 15) is 22.8 Å². The molecule has 0 amide bonds. The van der Waals surface area contributed by atoms with Crippen molar-refractivity contribution in [3.8, 4) is 5.69 Å². The summed E-state index contributed by atoms with van der Waals surface area (Å²) in [5.74, 6) is -1.66. The fourth-order valence-electron chi connectivity index (χ4n) is 2.22. The molecule has 8 nitrogen and oxygen atoms in total. The molecule has 0 fully saturated rings. The van der Waals surface area contributed by atoms with Gasteiger partial charge in [0, 0.05) is 12.3 Å². The Morgan fingerprint density at radius 3 is 2.31 bits per heavy atom. The van der Waals surface area contributed by atoms with Crippen molar-refractivity contribution in [2.24, 2.45) is 0 Å². The number of carbonyl (C=O) groups excluding carboxylic acids is 2. The first-order valence-corrected chi connectivity index (χ1v) is 7.05. The van der Waals surface area contributed by atoms with Gasteiger partial charge in [0.15, 0.2) is 11.4 Å². The molecule has 0 radical (unpaired) electrons. The van der Waals surface area contributed by atoms with Gasteiger partial charge in [0.1, 0.15) is 11.9 Å². The SMILES string of the molecule is CO[NH2+]c1cc(C(F)(F)F)c(-n2cnc(C(=O)OC)c2)cc1C(=O)OC. The van der Waals surface area contributed by atoms with Gasteiger partial charge in [-0.15, -0.1) is 0 Å². The number of alkyl halides is 3. The number of benzene rings is 1. The first kappa shape index (κ1) is 19.4. The fraction of sp³-hybridized carbons (Fsp3) is 0.267. The lowest BCUT2D eigenvalue weighted by Gasteiger charge is -2.16. The van der Waals surface area contributed by atoms with Crippen LogP contribution in [0.5, 0.6) is 0 Å². The van der Waals surface area contributed by atoms with E-state index in [1.807, 2.05) is 0 Å². The number of ether oxygens (including phenoxy) is 2. The third kappa shape index (κ3) is 3.83. The molecular formula is C15H15F3N3O5+. The summed E-state index contributed by atoms with van der Waals surface area (Å²) in [6.07, 6.45) is -2.66. The number of esters is 2. The minimum Gasteiger partial charge on any atom is -0.465 e. The summed E-state index contributed by atoms with van der Waals surface area (Å²) in [6, 6.07) is 1.74. The summed E-state index contributed by atoms with van der Waals surface area (Å²) in [4.78, 5) is 31.9. The van der Waals surface area contributed by atoms with E-state index < -0.39 is 29.4 Å². The number of quaternary nitrogens is 1. The number of hydrogen-bond acceptors (Lipinski definition) is 6. The molecule has 0 saturated carbocycles. The maximum absolute atomic E-state index is 13.5. The summed E-state index contributed by atoms with van der Waals surface area (Å²) < 4.78 is 50.6. The molecule has 26 heavy (non-hydrogen) atoms. The summed E-state index contributed by atoms with van der Waals surface area (Å²) in [5, 5.41) is 0. The van der Waals surface area contributed by atoms with Gasteiger partial charge in [0.25, 0.3) is 0 Å². The molecule has 2 N–H and O–H groups in total. The van der Waals surface area contributed by atoms with E-state index >= 15 is 0 Å². The third-order valence-electron chi connectivity index (χ3n) is 3.38. The summed E-state index contributed by atoms with van der Waals surface area (Å²) in [7, 11) is 3.46. The van der Waals surface area contributed by atoms with Crippen molar-refractivity contribution in [1.82, 2.24) is 9.55 Å². The van der Waals surface area contributed by atoms with Gasteiger partial charge in [-0.3, -0.25) is 0 Å². The number of methoxy groups -OCH3 is 2. The van der Waals surface area contributed by atoms with E-state index in [1.165, 1.54) is 7.11 Å². The second-order valence-corrected chi connectivity index (χ2v) is 4.96. The van der Waals surface area contributed by atoms with Crippen LogP contribution in [0, 0.1) is 0 Å². The Bertz CT molecular complexity index is 832. The average Bonchev–Trinajstić information content (AvgIpc) is 3.09. The van der Waals surface area contributed by atoms with Crippen molar-refractivity contribution in [3.05, 3.63) is 41.5 Å². The highest BCUT2D eigenvalue weighted by molar-refractivity contribution is 5.95. The van der Waals surface area contributed by atoms with Crippen LogP contribution in [-0.2, 0) is 20.5 Å². The predicted molar refractivity (Wildman–Crippen MR) is 79.8 cm³/mol. The molecule has 1 heterocycles. The quantitative estimate of drug-likeness (QED) is 0.480. The summed E-state index contributed by atoms with van der Waals surface area (Å²) in [6.45, 7) is 0. The maximum atomic E-state index is 13.5. The van der Waals surface area contributed by atoms with Crippen LogP contribution >= 0.6 is 0 Å². The molecule has 0 aliphatic rings. The third-order valence-corrected chi connectivity index (χ3v) is 3.38. The van der Waals surface area contributed by atoms with E-state index in [-0.39, 0.29) is 16.9 Å². The number of nitrogens with two attached hydrogens (primary N) is 1. The highest BCUT2D eigenvalue weighted by atomic mass is 19.4. The molecule has 2 aromatic rings. The van der Waals surface area contributed by atoms with Crippen LogP contribution in [0.2, 0.25) is 0 Å². The van der Waals surface area contributed by atoms with Gasteiger partial charge in [-0.05, 0) is 6.07 Å². The molecule has 1 aromatic carbocycles. The van der Waals surface area contributed by atoms with Crippen LogP contribution in [0.15, 0.2) is 24.7 Å². The molecule has 0 bridgehead atoms. The number of halogens is 3. The molecule has 0 atom stereocenters. The number of imidazole rings is 1. The first-order chi connectivity index (χ1) is 12.2. The van der Waals surface area contributed by atoms with Crippen molar-refractivity contribution in [2.75, 3.05) is 21.3 Å². The Morgan fingerprint density at radius 2 is 1.77 bits per heavy atom. The van der Waals surface area contributed by atoms with E-state index in [0.717, 1.165) is 48.9 Å². The van der Waals surface area contributed by atoms with E-state index in [1.54, 1.807) is 0 Å². The molecule has 0 aliphatic heterocycles. The van der Waals surface area contributed by atoms with Gasteiger partial charge >= 0.3 is 18.1 Å². The minimum atomic E-state index is -4.74. The van der Waals surface area contributed by atoms with Crippen LogP contribution in [0.1, 0.15) is 26.4 Å². The zero-order valence-corrected chi connectivity index (χ0v) is 14.0. The molecule has 0 unspecified atom stereocenters. The Labute approximate surface area is 145 Å². The maximum Gasteiger partial charge on any atom is 0.418 e. The van der Waals surface area contributed by atoms with Crippen LogP contribution in [-0.4, -0.2) is 42.8 Å². The van der Waals surface area contributed by atoms with E-state index in [0.29, 0.717) is 0 Å². The molecule has 1 aromatic heterocycles. The van der Waals surface area contributed by atoms with Crippen molar-refractivity contribution in [1.29, 1.82) is 0 Å². The molecular weight excluding hydrogens is 359 g/mol. The highest BCUT2D eigenvalue weighted by Crippen LogP contribution is 2.36. The number of rotatable bonds is 5. The van der Waals surface area contributed by atoms with Gasteiger partial charge in [-0.1, -0.05) is 0 Å². The van der Waals surface area contributed by atoms with Crippen LogP contribution < -0.4 is 5.48 Å². The lowest BCUT2D eigenvalue weighted by Crippen LogP contribution is -2.76. The Morgan fingerprint density at radius 1 is 1.12 bits per heavy atom. The van der Waals surface area contributed by atoms with Crippen LogP contribution in [0.4, 0.5) is 18.9 Å². The van der Waals surface area contributed by atoms with Gasteiger partial charge in [0.05, 0.1) is 32.6 Å². The molecule has 0 saturated heterocycles. The Balaban J connectivity index is 2.71. The molecule has 0 aliphatic carbocycles. The number of carbonyl (C=O) groups is 2. The standard InChI is InChI=1S/C15H14F3N3O5/c1-24-13(22)8-4-12(21-6-11(19-7-21)14(23)25-2)9(15(16,17)18)5-10(8)20-26-3/h4-7,20H,1-3H3/p+1. The van der Waals surface area contributed by atoms with Gasteiger partial charge in [0.2, 0.25) is 0 Å². The predicted octanol–water partition coefficient (Wildman–Crippen LogP) is 1.22. The fourth-order valence-corrected chi connectivity index (χ4v) is 2.22. The molecule has 0 spiro atoms. The summed E-state index contributed by atoms with van der Waals surface area (Å²) in [5.41, 5.74) is -0.905. The van der Waals surface area contributed by atoms with Crippen molar-refractivity contribution in [2.45, 2.75) is 6.18 Å². The zero-order chi connectivity index (χ0) is 19.5. The number of hydrogen-bond donors (Lipinski definition) is 1. The Kier molecular flexibility index (Phi) is 5.63. The summed E-state index contributed by atoms with van der Waals surface area (Å²) >= 11 is 0. The lowest BCUT2D eigenvalue weighted by atomic mass is 10.1. The van der Waals surface area contributed by atoms with Gasteiger partial charge in [-0.25, -0.2) is 19.4 Å². The first-order valence-electron chi connectivity index (χ1n) is 7.05. The van der Waals surface area contributed by atoms with Crippen LogP contribution in [0.3, 0.4) is 0 Å². The molecule has 140 valence electrons. The normalized spacial score (nSPS) is 11.3. The smallest absolute Gasteiger partial charge is 0.418 e. The van der Waals surface area contributed by atoms with Crippen LogP contribution in [0.25, 0.3) is 5.69 Å².